The highest BCUT2D eigenvalue weighted by Crippen LogP contribution is 2.18. The lowest BCUT2D eigenvalue weighted by molar-refractivity contribution is -0.143. The van der Waals surface area contributed by atoms with E-state index >= 15 is 0 Å². The van der Waals surface area contributed by atoms with E-state index in [0.717, 1.165) is 19.3 Å². The molecule has 0 bridgehead atoms. The highest BCUT2D eigenvalue weighted by Gasteiger charge is 2.09. The lowest BCUT2D eigenvalue weighted by atomic mass is 10.0. The number of unbranched alkanes of at least 4 members (excludes halogenated alkanes) is 1. The summed E-state index contributed by atoms with van der Waals surface area (Å²) in [5, 5.41) is 10.9. The highest BCUT2D eigenvalue weighted by atomic mass is 16.5. The molecule has 31 heavy (non-hydrogen) atoms. The van der Waals surface area contributed by atoms with Crippen LogP contribution in [-0.4, -0.2) is 12.6 Å². The lowest BCUT2D eigenvalue weighted by Crippen LogP contribution is -2.13. The van der Waals surface area contributed by atoms with Gasteiger partial charge in [-0.15, -0.1) is 0 Å². The smallest absolute Gasteiger partial charge is 0.320 e. The fourth-order valence-corrected chi connectivity index (χ4v) is 3.40. The van der Waals surface area contributed by atoms with Gasteiger partial charge >= 0.3 is 5.97 Å². The van der Waals surface area contributed by atoms with Crippen LogP contribution in [0.15, 0.2) is 72.8 Å². The van der Waals surface area contributed by atoms with Crippen molar-refractivity contribution < 1.29 is 9.53 Å². The molecule has 0 radical (unpaired) electrons. The fraction of sp³-hybridized carbons (Fsp3) is 0.357. The molecule has 3 nitrogen and oxygen atoms in total. The summed E-state index contributed by atoms with van der Waals surface area (Å²) < 4.78 is 4.97. The van der Waals surface area contributed by atoms with Crippen LogP contribution in [0.2, 0.25) is 0 Å². The summed E-state index contributed by atoms with van der Waals surface area (Å²) in [7, 11) is 0. The Morgan fingerprint density at radius 2 is 1.65 bits per heavy atom. The number of nitriles is 1. The summed E-state index contributed by atoms with van der Waals surface area (Å²) in [6.07, 6.45) is 5.35. The molecule has 3 rings (SSSR count). The number of rotatable bonds is 9. The second-order valence-electron chi connectivity index (χ2n) is 7.78. The van der Waals surface area contributed by atoms with E-state index in [1.165, 1.54) is 34.7 Å². The van der Waals surface area contributed by atoms with Gasteiger partial charge in [-0.25, -0.2) is 0 Å². The molecule has 0 N–H and O–H groups in total. The number of ether oxygens (including phenoxy) is 1. The van der Waals surface area contributed by atoms with Gasteiger partial charge in [-0.3, -0.25) is 4.79 Å². The van der Waals surface area contributed by atoms with E-state index in [2.05, 4.69) is 86.6 Å². The van der Waals surface area contributed by atoms with Crippen molar-refractivity contribution in [2.75, 3.05) is 6.61 Å². The van der Waals surface area contributed by atoms with E-state index in [1.807, 2.05) is 0 Å². The molecule has 0 aromatic heterocycles. The van der Waals surface area contributed by atoms with Crippen LogP contribution in [0.5, 0.6) is 0 Å². The molecule has 0 amide bonds. The first kappa shape index (κ1) is 24.2. The molecular formula is C28H33NO2. The third-order valence-corrected chi connectivity index (χ3v) is 5.31. The van der Waals surface area contributed by atoms with Crippen molar-refractivity contribution in [3.05, 3.63) is 83.9 Å². The minimum atomic E-state index is -0.401. The van der Waals surface area contributed by atoms with Crippen LogP contribution in [0.1, 0.15) is 57.1 Å². The zero-order chi connectivity index (χ0) is 22.3. The van der Waals surface area contributed by atoms with Gasteiger partial charge in [-0.05, 0) is 40.7 Å². The molecule has 0 spiro atoms. The molecule has 3 aromatic carbocycles. The maximum absolute atomic E-state index is 10.9. The second-order valence-corrected chi connectivity index (χ2v) is 7.78. The summed E-state index contributed by atoms with van der Waals surface area (Å²) in [6, 6.07) is 27.6. The second kappa shape index (κ2) is 14.0. The van der Waals surface area contributed by atoms with Gasteiger partial charge < -0.3 is 4.74 Å². The van der Waals surface area contributed by atoms with Crippen molar-refractivity contribution in [3.63, 3.8) is 0 Å². The molecule has 0 fully saturated rings. The first-order valence-electron chi connectivity index (χ1n) is 11.2. The predicted molar refractivity (Wildman–Crippen MR) is 128 cm³/mol. The summed E-state index contributed by atoms with van der Waals surface area (Å²) in [5.41, 5.74) is 2.73. The first-order valence-corrected chi connectivity index (χ1v) is 11.2. The van der Waals surface area contributed by atoms with E-state index in [4.69, 9.17) is 10.00 Å². The summed E-state index contributed by atoms with van der Waals surface area (Å²) in [6.45, 7) is 4.71. The number of benzene rings is 3. The SMILES string of the molecule is CCCCC(CC)COC(=O)CC#N.c1ccc(Cc2ccc3ccccc3c2)cc1. The number of nitrogens with zero attached hydrogens (tertiary/aromatic N) is 1. The minimum Gasteiger partial charge on any atom is -0.465 e. The van der Waals surface area contributed by atoms with Crippen LogP contribution in [-0.2, 0) is 16.0 Å². The molecule has 162 valence electrons. The van der Waals surface area contributed by atoms with Gasteiger partial charge in [0, 0.05) is 0 Å². The molecule has 0 heterocycles. The van der Waals surface area contributed by atoms with Crippen molar-refractivity contribution in [3.8, 4) is 6.07 Å². The van der Waals surface area contributed by atoms with E-state index < -0.39 is 5.97 Å². The molecule has 3 heteroatoms. The van der Waals surface area contributed by atoms with E-state index in [0.29, 0.717) is 12.5 Å². The Hall–Kier alpha value is -3.12. The molecule has 1 atom stereocenters. The number of esters is 1. The van der Waals surface area contributed by atoms with Crippen LogP contribution in [0.25, 0.3) is 10.8 Å². The molecule has 0 saturated heterocycles. The number of fused-ring (bicyclic) bond motifs is 1. The molecular weight excluding hydrogens is 382 g/mol. The Bertz CT molecular complexity index is 959. The minimum absolute atomic E-state index is 0.135. The Balaban J connectivity index is 0.000000226. The summed E-state index contributed by atoms with van der Waals surface area (Å²) >= 11 is 0. The largest absolute Gasteiger partial charge is 0.465 e. The van der Waals surface area contributed by atoms with Gasteiger partial charge in [0.2, 0.25) is 0 Å². The van der Waals surface area contributed by atoms with Crippen molar-refractivity contribution in [2.24, 2.45) is 5.92 Å². The van der Waals surface area contributed by atoms with Crippen LogP contribution < -0.4 is 0 Å². The monoisotopic (exact) mass is 415 g/mol. The number of hydrogen-bond acceptors (Lipinski definition) is 3. The molecule has 1 unspecified atom stereocenters. The average Bonchev–Trinajstić information content (AvgIpc) is 2.80. The maximum Gasteiger partial charge on any atom is 0.320 e. The van der Waals surface area contributed by atoms with Crippen molar-refractivity contribution in [1.82, 2.24) is 0 Å². The van der Waals surface area contributed by atoms with Crippen molar-refractivity contribution in [2.45, 2.75) is 52.4 Å². The highest BCUT2D eigenvalue weighted by molar-refractivity contribution is 5.83. The van der Waals surface area contributed by atoms with Gasteiger partial charge in [-0.2, -0.15) is 5.26 Å². The molecule has 0 aliphatic rings. The number of carbonyl (C=O) groups excluding carboxylic acids is 1. The van der Waals surface area contributed by atoms with Crippen LogP contribution >= 0.6 is 0 Å². The molecule has 0 saturated carbocycles. The van der Waals surface area contributed by atoms with Gasteiger partial charge in [0.1, 0.15) is 6.42 Å². The van der Waals surface area contributed by atoms with Crippen molar-refractivity contribution in [1.29, 1.82) is 5.26 Å². The van der Waals surface area contributed by atoms with Gasteiger partial charge in [0.15, 0.2) is 0 Å². The topological polar surface area (TPSA) is 50.1 Å². The lowest BCUT2D eigenvalue weighted by Gasteiger charge is -2.13. The van der Waals surface area contributed by atoms with E-state index in [1.54, 1.807) is 6.07 Å². The molecule has 3 aromatic rings. The Morgan fingerprint density at radius 1 is 0.935 bits per heavy atom. The summed E-state index contributed by atoms with van der Waals surface area (Å²) in [5.74, 6) is 0.0556. The first-order chi connectivity index (χ1) is 15.2. The van der Waals surface area contributed by atoms with Crippen LogP contribution in [0.4, 0.5) is 0 Å². The van der Waals surface area contributed by atoms with Crippen LogP contribution in [0, 0.1) is 17.2 Å². The Kier molecular flexibility index (Phi) is 10.9. The average molecular weight is 416 g/mol. The van der Waals surface area contributed by atoms with Gasteiger partial charge in [0.25, 0.3) is 0 Å². The zero-order valence-corrected chi connectivity index (χ0v) is 18.7. The summed E-state index contributed by atoms with van der Waals surface area (Å²) in [4.78, 5) is 10.9. The quantitative estimate of drug-likeness (QED) is 0.351. The van der Waals surface area contributed by atoms with Crippen molar-refractivity contribution >= 4 is 16.7 Å². The maximum atomic E-state index is 10.9. The number of carbonyl (C=O) groups is 1. The number of hydrogen-bond donors (Lipinski definition) is 0. The standard InChI is InChI=1S/C17H14.C11H19NO2/c1-2-6-14(7-3-1)12-15-10-11-16-8-4-5-9-17(16)13-15;1-3-5-6-10(4-2)9-14-11(13)7-8-12/h1-11,13H,12H2;10H,3-7,9H2,1-2H3. The Morgan fingerprint density at radius 3 is 2.32 bits per heavy atom. The molecule has 0 aliphatic heterocycles. The normalized spacial score (nSPS) is 11.1. The predicted octanol–water partition coefficient (Wildman–Crippen LogP) is 7.09. The van der Waals surface area contributed by atoms with E-state index in [9.17, 15) is 4.79 Å². The molecule has 0 aliphatic carbocycles. The zero-order valence-electron chi connectivity index (χ0n) is 18.7. The van der Waals surface area contributed by atoms with Gasteiger partial charge in [-0.1, -0.05) is 106 Å². The van der Waals surface area contributed by atoms with E-state index in [-0.39, 0.29) is 6.42 Å². The van der Waals surface area contributed by atoms with Gasteiger partial charge in [0.05, 0.1) is 12.7 Å². The Labute approximate surface area is 186 Å². The third kappa shape index (κ3) is 9.05. The third-order valence-electron chi connectivity index (χ3n) is 5.31. The fourth-order valence-electron chi connectivity index (χ4n) is 3.40. The van der Waals surface area contributed by atoms with Crippen LogP contribution in [0.3, 0.4) is 0 Å².